The van der Waals surface area contributed by atoms with Gasteiger partial charge in [-0.05, 0) is 13.0 Å². The molecule has 2 aromatic rings. The minimum absolute atomic E-state index is 1.05. The number of nitrogens with zero attached hydrogens (tertiary/aromatic N) is 2. The van der Waals surface area contributed by atoms with Crippen molar-refractivity contribution < 1.29 is 0 Å². The molecule has 0 aliphatic carbocycles. The van der Waals surface area contributed by atoms with Gasteiger partial charge in [-0.15, -0.1) is 11.3 Å². The topological polar surface area (TPSA) is 25.8 Å². The molecule has 0 spiro atoms. The molecule has 3 heteroatoms. The summed E-state index contributed by atoms with van der Waals surface area (Å²) in [5.74, 6) is 0. The van der Waals surface area contributed by atoms with Gasteiger partial charge >= 0.3 is 0 Å². The summed E-state index contributed by atoms with van der Waals surface area (Å²) in [6, 6.07) is 2.07. The van der Waals surface area contributed by atoms with Gasteiger partial charge in [0.25, 0.3) is 0 Å². The zero-order valence-electron chi connectivity index (χ0n) is 7.53. The Morgan fingerprint density at radius 3 is 2.75 bits per heavy atom. The van der Waals surface area contributed by atoms with Gasteiger partial charge in [-0.3, -0.25) is 0 Å². The van der Waals surface area contributed by atoms with Crippen molar-refractivity contribution >= 4 is 21.6 Å². The molecule has 0 bridgehead atoms. The highest BCUT2D eigenvalue weighted by atomic mass is 32.1. The third-order valence-corrected chi connectivity index (χ3v) is 2.29. The van der Waals surface area contributed by atoms with E-state index >= 15 is 0 Å². The smallest absolute Gasteiger partial charge is 0.116 e. The molecule has 2 heterocycles. The first-order valence-corrected chi connectivity index (χ1v) is 4.84. The van der Waals surface area contributed by atoms with Crippen LogP contribution in [0.25, 0.3) is 10.2 Å². The van der Waals surface area contributed by atoms with Crippen LogP contribution in [0.4, 0.5) is 0 Å². The maximum absolute atomic E-state index is 4.10. The molecule has 0 N–H and O–H groups in total. The fourth-order valence-electron chi connectivity index (χ4n) is 0.909. The molecule has 0 aliphatic heterocycles. The molecule has 0 unspecified atom stereocenters. The number of hydrogen-bond donors (Lipinski definition) is 0. The van der Waals surface area contributed by atoms with Crippen LogP contribution in [0, 0.1) is 6.92 Å². The van der Waals surface area contributed by atoms with Gasteiger partial charge in [-0.2, -0.15) is 0 Å². The van der Waals surface area contributed by atoms with E-state index in [1.807, 2.05) is 20.0 Å². The molecule has 2 aromatic heterocycles. The zero-order chi connectivity index (χ0) is 8.97. The Kier molecular flexibility index (Phi) is 3.17. The van der Waals surface area contributed by atoms with E-state index in [4.69, 9.17) is 0 Å². The molecule has 2 nitrogen and oxygen atoms in total. The lowest BCUT2D eigenvalue weighted by Gasteiger charge is -1.81. The van der Waals surface area contributed by atoms with E-state index in [2.05, 4.69) is 23.0 Å². The highest BCUT2D eigenvalue weighted by Gasteiger charge is 1.96. The van der Waals surface area contributed by atoms with E-state index in [1.165, 1.54) is 9.58 Å². The van der Waals surface area contributed by atoms with Crippen molar-refractivity contribution in [3.05, 3.63) is 23.5 Å². The first-order chi connectivity index (χ1) is 5.86. The maximum atomic E-state index is 4.10. The Hall–Kier alpha value is -0.960. The third kappa shape index (κ3) is 1.80. The number of aryl methyl sites for hydroxylation is 1. The lowest BCUT2D eigenvalue weighted by molar-refractivity contribution is 1.23. The lowest BCUT2D eigenvalue weighted by atomic mass is 10.4. The normalized spacial score (nSPS) is 9.25. The molecule has 0 saturated heterocycles. The quantitative estimate of drug-likeness (QED) is 0.622. The molecular formula is C9H12N2S. The summed E-state index contributed by atoms with van der Waals surface area (Å²) in [5, 5.41) is 0. The first-order valence-electron chi connectivity index (χ1n) is 4.02. The number of thiophene rings is 1. The zero-order valence-corrected chi connectivity index (χ0v) is 8.35. The predicted molar refractivity (Wildman–Crippen MR) is 53.5 cm³/mol. The summed E-state index contributed by atoms with van der Waals surface area (Å²) >= 11 is 1.73. The molecule has 2 rings (SSSR count). The van der Waals surface area contributed by atoms with Crippen molar-refractivity contribution in [3.63, 3.8) is 0 Å². The summed E-state index contributed by atoms with van der Waals surface area (Å²) in [6.07, 6.45) is 3.43. The monoisotopic (exact) mass is 180 g/mol. The van der Waals surface area contributed by atoms with Crippen molar-refractivity contribution in [1.29, 1.82) is 0 Å². The van der Waals surface area contributed by atoms with E-state index in [9.17, 15) is 0 Å². The second kappa shape index (κ2) is 4.16. The Balaban J connectivity index is 0.000000336. The Morgan fingerprint density at radius 2 is 2.08 bits per heavy atom. The highest BCUT2D eigenvalue weighted by molar-refractivity contribution is 7.18. The molecule has 0 radical (unpaired) electrons. The van der Waals surface area contributed by atoms with Gasteiger partial charge in [0, 0.05) is 11.1 Å². The van der Waals surface area contributed by atoms with Crippen LogP contribution in [0.3, 0.4) is 0 Å². The number of hydrogen-bond acceptors (Lipinski definition) is 3. The standard InChI is InChI=1S/C7H6N2S.C2H6/c1-5-2-6-7(10-5)3-8-4-9-6;1-2/h2-4H,1H3;1-2H3. The molecule has 0 fully saturated rings. The van der Waals surface area contributed by atoms with Crippen molar-refractivity contribution in [2.75, 3.05) is 0 Å². The van der Waals surface area contributed by atoms with E-state index in [0.29, 0.717) is 0 Å². The first kappa shape index (κ1) is 9.13. The van der Waals surface area contributed by atoms with Gasteiger partial charge < -0.3 is 0 Å². The van der Waals surface area contributed by atoms with Crippen molar-refractivity contribution in [3.8, 4) is 0 Å². The van der Waals surface area contributed by atoms with Crippen molar-refractivity contribution in [2.24, 2.45) is 0 Å². The number of fused-ring (bicyclic) bond motifs is 1. The summed E-state index contributed by atoms with van der Waals surface area (Å²) in [6.45, 7) is 6.08. The molecule has 0 amide bonds. The molecule has 0 aliphatic rings. The third-order valence-electron chi connectivity index (χ3n) is 1.32. The highest BCUT2D eigenvalue weighted by Crippen LogP contribution is 2.20. The van der Waals surface area contributed by atoms with Gasteiger partial charge in [0.05, 0.1) is 10.2 Å². The van der Waals surface area contributed by atoms with Crippen LogP contribution < -0.4 is 0 Å². The summed E-state index contributed by atoms with van der Waals surface area (Å²) in [4.78, 5) is 9.31. The number of aromatic nitrogens is 2. The van der Waals surface area contributed by atoms with E-state index < -0.39 is 0 Å². The van der Waals surface area contributed by atoms with Gasteiger partial charge in [0.1, 0.15) is 6.33 Å². The largest absolute Gasteiger partial charge is 0.243 e. The average Bonchev–Trinajstić information content (AvgIpc) is 2.48. The Morgan fingerprint density at radius 1 is 1.33 bits per heavy atom. The maximum Gasteiger partial charge on any atom is 0.116 e. The van der Waals surface area contributed by atoms with Gasteiger partial charge in [0.2, 0.25) is 0 Å². The van der Waals surface area contributed by atoms with Crippen LogP contribution in [0.15, 0.2) is 18.6 Å². The van der Waals surface area contributed by atoms with Crippen LogP contribution >= 0.6 is 11.3 Å². The summed E-state index contributed by atoms with van der Waals surface area (Å²) < 4.78 is 1.17. The summed E-state index contributed by atoms with van der Waals surface area (Å²) in [5.41, 5.74) is 1.05. The van der Waals surface area contributed by atoms with Crippen LogP contribution in [0.2, 0.25) is 0 Å². The summed E-state index contributed by atoms with van der Waals surface area (Å²) in [7, 11) is 0. The average molecular weight is 180 g/mol. The fraction of sp³-hybridized carbons (Fsp3) is 0.333. The van der Waals surface area contributed by atoms with Gasteiger partial charge in [0.15, 0.2) is 0 Å². The molecule has 64 valence electrons. The SMILES string of the molecule is CC.Cc1cc2ncncc2s1. The fourth-order valence-corrected chi connectivity index (χ4v) is 1.76. The van der Waals surface area contributed by atoms with E-state index in [0.717, 1.165) is 5.52 Å². The lowest BCUT2D eigenvalue weighted by Crippen LogP contribution is -1.72. The van der Waals surface area contributed by atoms with Crippen LogP contribution in [0.1, 0.15) is 18.7 Å². The van der Waals surface area contributed by atoms with Crippen molar-refractivity contribution in [1.82, 2.24) is 9.97 Å². The number of rotatable bonds is 0. The minimum atomic E-state index is 1.05. The molecular weight excluding hydrogens is 168 g/mol. The van der Waals surface area contributed by atoms with E-state index in [-0.39, 0.29) is 0 Å². The second-order valence-corrected chi connectivity index (χ2v) is 3.42. The molecule has 0 saturated carbocycles. The van der Waals surface area contributed by atoms with E-state index in [1.54, 1.807) is 17.7 Å². The molecule has 12 heavy (non-hydrogen) atoms. The Labute approximate surface area is 76.3 Å². The van der Waals surface area contributed by atoms with Crippen LogP contribution in [-0.2, 0) is 0 Å². The molecule has 0 aromatic carbocycles. The van der Waals surface area contributed by atoms with Crippen LogP contribution in [-0.4, -0.2) is 9.97 Å². The van der Waals surface area contributed by atoms with Crippen LogP contribution in [0.5, 0.6) is 0 Å². The molecule has 0 atom stereocenters. The Bertz CT molecular complexity index is 321. The predicted octanol–water partition coefficient (Wildman–Crippen LogP) is 3.03. The minimum Gasteiger partial charge on any atom is -0.243 e. The van der Waals surface area contributed by atoms with Gasteiger partial charge in [-0.1, -0.05) is 13.8 Å². The second-order valence-electron chi connectivity index (χ2n) is 2.13. The van der Waals surface area contributed by atoms with Gasteiger partial charge in [-0.25, -0.2) is 9.97 Å². The van der Waals surface area contributed by atoms with Crippen molar-refractivity contribution in [2.45, 2.75) is 20.8 Å².